The Morgan fingerprint density at radius 1 is 1.12 bits per heavy atom. The maximum atomic E-state index is 12.5. The van der Waals surface area contributed by atoms with Crippen molar-refractivity contribution in [3.63, 3.8) is 0 Å². The van der Waals surface area contributed by atoms with Gasteiger partial charge in [-0.05, 0) is 25.6 Å². The summed E-state index contributed by atoms with van der Waals surface area (Å²) in [6, 6.07) is 7.18. The molecule has 7 nitrogen and oxygen atoms in total. The summed E-state index contributed by atoms with van der Waals surface area (Å²) in [4.78, 5) is 36.7. The van der Waals surface area contributed by atoms with E-state index in [0.717, 1.165) is 25.3 Å². The van der Waals surface area contributed by atoms with Gasteiger partial charge in [0.15, 0.2) is 5.78 Å². The average molecular weight is 353 g/mol. The van der Waals surface area contributed by atoms with Crippen molar-refractivity contribution in [2.45, 2.75) is 13.8 Å². The van der Waals surface area contributed by atoms with E-state index >= 15 is 0 Å². The number of rotatable bonds is 5. The predicted octanol–water partition coefficient (Wildman–Crippen LogP) is 2.20. The van der Waals surface area contributed by atoms with Gasteiger partial charge in [-0.15, -0.1) is 0 Å². The fraction of sp³-hybridized carbons (Fsp3) is 0.368. The van der Waals surface area contributed by atoms with E-state index in [1.807, 2.05) is 11.0 Å². The zero-order chi connectivity index (χ0) is 18.5. The first-order valence-corrected chi connectivity index (χ1v) is 8.78. The molecule has 1 aliphatic rings. The lowest BCUT2D eigenvalue weighted by Gasteiger charge is -2.33. The van der Waals surface area contributed by atoms with E-state index in [-0.39, 0.29) is 11.7 Å². The van der Waals surface area contributed by atoms with E-state index in [2.05, 4.69) is 27.1 Å². The number of ketones is 1. The molecule has 26 heavy (non-hydrogen) atoms. The van der Waals surface area contributed by atoms with Gasteiger partial charge < -0.3 is 15.1 Å². The minimum atomic E-state index is -0.0848. The maximum Gasteiger partial charge on any atom is 0.274 e. The van der Waals surface area contributed by atoms with Gasteiger partial charge in [-0.2, -0.15) is 0 Å². The Balaban J connectivity index is 1.64. The van der Waals surface area contributed by atoms with Crippen molar-refractivity contribution in [2.24, 2.45) is 0 Å². The molecule has 1 saturated heterocycles. The Morgan fingerprint density at radius 2 is 1.88 bits per heavy atom. The molecule has 2 aromatic rings. The van der Waals surface area contributed by atoms with Crippen LogP contribution in [-0.4, -0.2) is 64.2 Å². The van der Waals surface area contributed by atoms with Crippen LogP contribution in [0.5, 0.6) is 0 Å². The highest BCUT2D eigenvalue weighted by Crippen LogP contribution is 2.16. The highest BCUT2D eigenvalue weighted by molar-refractivity contribution is 5.95. The summed E-state index contributed by atoms with van der Waals surface area (Å²) in [5, 5.41) is 3.10. The Bertz CT molecular complexity index is 783. The van der Waals surface area contributed by atoms with Crippen LogP contribution < -0.4 is 5.32 Å². The number of likely N-dealkylation sites (N-methyl/N-ethyl adjacent to an activating group) is 1. The lowest BCUT2D eigenvalue weighted by Crippen LogP contribution is -2.48. The van der Waals surface area contributed by atoms with Crippen molar-refractivity contribution in [3.05, 3.63) is 47.9 Å². The van der Waals surface area contributed by atoms with Crippen LogP contribution in [0.25, 0.3) is 0 Å². The molecule has 0 aliphatic carbocycles. The number of piperazine rings is 1. The first-order chi connectivity index (χ1) is 12.6. The van der Waals surface area contributed by atoms with Gasteiger partial charge in [-0.1, -0.05) is 19.1 Å². The number of amides is 1. The molecular formula is C19H23N5O2. The molecule has 0 bridgehead atoms. The quantitative estimate of drug-likeness (QED) is 0.830. The van der Waals surface area contributed by atoms with Crippen molar-refractivity contribution in [1.82, 2.24) is 19.8 Å². The van der Waals surface area contributed by atoms with Gasteiger partial charge in [-0.25, -0.2) is 9.97 Å². The number of nitrogens with one attached hydrogen (secondary N) is 1. The van der Waals surface area contributed by atoms with Crippen molar-refractivity contribution < 1.29 is 9.59 Å². The van der Waals surface area contributed by atoms with Crippen molar-refractivity contribution in [2.75, 3.05) is 38.0 Å². The first-order valence-electron chi connectivity index (χ1n) is 8.78. The van der Waals surface area contributed by atoms with Crippen LogP contribution in [0.3, 0.4) is 0 Å². The van der Waals surface area contributed by atoms with Crippen LogP contribution in [-0.2, 0) is 0 Å². The standard InChI is InChI=1S/C19H23N5O2/c1-3-23-7-9-24(10-8-23)19(26)17-12-21-18(13-20-17)22-16-6-4-5-15(11-16)14(2)25/h4-6,11-13H,3,7-10H2,1-2H3,(H,21,22). The first kappa shape index (κ1) is 18.0. The SMILES string of the molecule is CCN1CCN(C(=O)c2cnc(Nc3cccc(C(C)=O)c3)cn2)CC1. The molecule has 3 rings (SSSR count). The minimum Gasteiger partial charge on any atom is -0.339 e. The number of anilines is 2. The summed E-state index contributed by atoms with van der Waals surface area (Å²) in [5.41, 5.74) is 1.72. The lowest BCUT2D eigenvalue weighted by atomic mass is 10.1. The van der Waals surface area contributed by atoms with Crippen molar-refractivity contribution in [1.29, 1.82) is 0 Å². The van der Waals surface area contributed by atoms with Gasteiger partial charge in [0, 0.05) is 37.4 Å². The highest BCUT2D eigenvalue weighted by Gasteiger charge is 2.22. The second-order valence-electron chi connectivity index (χ2n) is 6.28. The summed E-state index contributed by atoms with van der Waals surface area (Å²) in [6.45, 7) is 7.87. The second kappa shape index (κ2) is 8.05. The maximum absolute atomic E-state index is 12.5. The average Bonchev–Trinajstić information content (AvgIpc) is 2.68. The number of carbonyl (C=O) groups excluding carboxylic acids is 2. The lowest BCUT2D eigenvalue weighted by molar-refractivity contribution is 0.0637. The number of nitrogens with zero attached hydrogens (tertiary/aromatic N) is 4. The normalized spacial score (nSPS) is 14.9. The molecule has 0 unspecified atom stereocenters. The van der Waals surface area contributed by atoms with Crippen LogP contribution in [0.15, 0.2) is 36.7 Å². The highest BCUT2D eigenvalue weighted by atomic mass is 16.2. The summed E-state index contributed by atoms with van der Waals surface area (Å²) in [7, 11) is 0. The zero-order valence-corrected chi connectivity index (χ0v) is 15.1. The summed E-state index contributed by atoms with van der Waals surface area (Å²) in [6.07, 6.45) is 3.03. The Labute approximate surface area is 153 Å². The molecular weight excluding hydrogens is 330 g/mol. The summed E-state index contributed by atoms with van der Waals surface area (Å²) < 4.78 is 0. The largest absolute Gasteiger partial charge is 0.339 e. The van der Waals surface area contributed by atoms with Gasteiger partial charge in [0.1, 0.15) is 11.5 Å². The Hall–Kier alpha value is -2.80. The number of hydrogen-bond acceptors (Lipinski definition) is 6. The van der Waals surface area contributed by atoms with E-state index < -0.39 is 0 Å². The third-order valence-corrected chi connectivity index (χ3v) is 4.52. The molecule has 0 saturated carbocycles. The van der Waals surface area contributed by atoms with Crippen LogP contribution >= 0.6 is 0 Å². The fourth-order valence-corrected chi connectivity index (χ4v) is 2.90. The Kier molecular flexibility index (Phi) is 5.58. The number of carbonyl (C=O) groups is 2. The molecule has 1 aliphatic heterocycles. The molecule has 0 spiro atoms. The fourth-order valence-electron chi connectivity index (χ4n) is 2.90. The Morgan fingerprint density at radius 3 is 2.50 bits per heavy atom. The predicted molar refractivity (Wildman–Crippen MR) is 99.8 cm³/mol. The number of benzene rings is 1. The molecule has 0 atom stereocenters. The molecule has 0 radical (unpaired) electrons. The van der Waals surface area contributed by atoms with Crippen LogP contribution in [0, 0.1) is 0 Å². The van der Waals surface area contributed by atoms with Gasteiger partial charge in [0.25, 0.3) is 5.91 Å². The summed E-state index contributed by atoms with van der Waals surface area (Å²) >= 11 is 0. The van der Waals surface area contributed by atoms with E-state index in [9.17, 15) is 9.59 Å². The third kappa shape index (κ3) is 4.23. The van der Waals surface area contributed by atoms with E-state index in [4.69, 9.17) is 0 Å². The van der Waals surface area contributed by atoms with Crippen LogP contribution in [0.1, 0.15) is 34.7 Å². The third-order valence-electron chi connectivity index (χ3n) is 4.52. The van der Waals surface area contributed by atoms with Gasteiger partial charge in [0.2, 0.25) is 0 Å². The molecule has 1 fully saturated rings. The molecule has 1 aromatic heterocycles. The minimum absolute atomic E-state index is 0.00356. The van der Waals surface area contributed by atoms with Gasteiger partial charge >= 0.3 is 0 Å². The van der Waals surface area contributed by atoms with Gasteiger partial charge in [0.05, 0.1) is 12.4 Å². The molecule has 136 valence electrons. The number of Topliss-reactive ketones (excluding diaryl/α,β-unsaturated/α-hetero) is 1. The van der Waals surface area contributed by atoms with E-state index in [1.54, 1.807) is 18.2 Å². The smallest absolute Gasteiger partial charge is 0.274 e. The van der Waals surface area contributed by atoms with Crippen LogP contribution in [0.2, 0.25) is 0 Å². The van der Waals surface area contributed by atoms with E-state index in [0.29, 0.717) is 30.2 Å². The van der Waals surface area contributed by atoms with Gasteiger partial charge in [-0.3, -0.25) is 9.59 Å². The topological polar surface area (TPSA) is 78.4 Å². The molecule has 1 amide bonds. The van der Waals surface area contributed by atoms with Crippen molar-refractivity contribution in [3.8, 4) is 0 Å². The molecule has 2 heterocycles. The number of aromatic nitrogens is 2. The zero-order valence-electron chi connectivity index (χ0n) is 15.1. The molecule has 1 aromatic carbocycles. The van der Waals surface area contributed by atoms with Crippen molar-refractivity contribution >= 4 is 23.2 Å². The molecule has 1 N–H and O–H groups in total. The summed E-state index contributed by atoms with van der Waals surface area (Å²) in [5.74, 6) is 0.445. The monoisotopic (exact) mass is 353 g/mol. The second-order valence-corrected chi connectivity index (χ2v) is 6.28. The number of hydrogen-bond donors (Lipinski definition) is 1. The van der Waals surface area contributed by atoms with E-state index in [1.165, 1.54) is 19.3 Å². The molecule has 7 heteroatoms. The van der Waals surface area contributed by atoms with Crippen LogP contribution in [0.4, 0.5) is 11.5 Å².